The molecule has 13 heteroatoms. The average molecular weight is 701 g/mol. The van der Waals surface area contributed by atoms with Crippen molar-refractivity contribution in [2.45, 2.75) is 67.2 Å². The lowest BCUT2D eigenvalue weighted by Gasteiger charge is -2.38. The maximum atomic E-state index is 13.7. The highest BCUT2D eigenvalue weighted by Gasteiger charge is 2.44. The van der Waals surface area contributed by atoms with Gasteiger partial charge in [0.25, 0.3) is 0 Å². The molecule has 2 aliphatic heterocycles. The van der Waals surface area contributed by atoms with Crippen LogP contribution in [-0.2, 0) is 31.3 Å². The highest BCUT2D eigenvalue weighted by atomic mass is 32.2. The van der Waals surface area contributed by atoms with E-state index < -0.39 is 31.8 Å². The van der Waals surface area contributed by atoms with Gasteiger partial charge in [0.05, 0.1) is 22.0 Å². The molecule has 3 aromatic carbocycles. The van der Waals surface area contributed by atoms with Crippen molar-refractivity contribution in [1.29, 1.82) is 0 Å². The molecule has 2 atom stereocenters. The van der Waals surface area contributed by atoms with Crippen molar-refractivity contribution in [3.8, 4) is 16.9 Å². The molecule has 0 radical (unpaired) electrons. The van der Waals surface area contributed by atoms with E-state index in [4.69, 9.17) is 9.47 Å². The number of rotatable bonds is 15. The molecular formula is C35H48N4O7S2. The van der Waals surface area contributed by atoms with E-state index >= 15 is 0 Å². The minimum Gasteiger partial charge on any atom is -0.491 e. The van der Waals surface area contributed by atoms with Crippen molar-refractivity contribution < 1.29 is 31.4 Å². The van der Waals surface area contributed by atoms with Gasteiger partial charge >= 0.3 is 0 Å². The SMILES string of the molecule is CNS(=O)(=O)c1cccc(OCC(O)CN[C@@H]2COC3(CCN(S(=O)(=O)c4cccc(-c5ccc(CNCC(C)C)cc5)c4)CC3)C2)c1. The summed E-state index contributed by atoms with van der Waals surface area (Å²) in [6.45, 7) is 7.58. The summed E-state index contributed by atoms with van der Waals surface area (Å²) in [5, 5.41) is 17.3. The van der Waals surface area contributed by atoms with E-state index in [9.17, 15) is 21.9 Å². The zero-order valence-corrected chi connectivity index (χ0v) is 29.5. The van der Waals surface area contributed by atoms with E-state index in [-0.39, 0.29) is 29.0 Å². The standard InChI is InChI=1S/C35H48N4O7S2/c1-26(2)21-37-22-27-10-12-28(13-11-27)29-6-4-9-34(18-29)48(43,44)39-16-14-35(15-17-39)20-30(24-46-35)38-23-31(40)25-45-32-7-5-8-33(19-32)47(41,42)36-3/h4-13,18-19,26,30-31,36-38,40H,14-17,20-25H2,1-3H3/t30-,31?/m0/s1. The van der Waals surface area contributed by atoms with E-state index in [2.05, 4.69) is 41.3 Å². The summed E-state index contributed by atoms with van der Waals surface area (Å²) in [6, 6.07) is 21.5. The summed E-state index contributed by atoms with van der Waals surface area (Å²) in [5.41, 5.74) is 2.62. The normalized spacial score (nSPS) is 19.1. The predicted octanol–water partition coefficient (Wildman–Crippen LogP) is 3.35. The van der Waals surface area contributed by atoms with Gasteiger partial charge < -0.3 is 25.2 Å². The summed E-state index contributed by atoms with van der Waals surface area (Å²) in [7, 11) is -5.93. The fourth-order valence-electron chi connectivity index (χ4n) is 6.17. The van der Waals surface area contributed by atoms with Crippen LogP contribution < -0.4 is 20.1 Å². The van der Waals surface area contributed by atoms with Crippen molar-refractivity contribution in [1.82, 2.24) is 19.7 Å². The number of nitrogens with zero attached hydrogens (tertiary/aromatic N) is 1. The molecule has 2 heterocycles. The lowest BCUT2D eigenvalue weighted by Crippen LogP contribution is -2.47. The Hall–Kier alpha value is -2.88. The molecule has 0 amide bonds. The molecule has 0 aliphatic carbocycles. The lowest BCUT2D eigenvalue weighted by molar-refractivity contribution is -0.0312. The summed E-state index contributed by atoms with van der Waals surface area (Å²) < 4.78 is 67.1. The smallest absolute Gasteiger partial charge is 0.243 e. The third-order valence-corrected chi connectivity index (χ3v) is 12.3. The Balaban J connectivity index is 1.09. The van der Waals surface area contributed by atoms with Crippen molar-refractivity contribution in [3.63, 3.8) is 0 Å². The van der Waals surface area contributed by atoms with Gasteiger partial charge in [-0.3, -0.25) is 0 Å². The highest BCUT2D eigenvalue weighted by molar-refractivity contribution is 7.89. The molecule has 0 bridgehead atoms. The van der Waals surface area contributed by atoms with Crippen LogP contribution >= 0.6 is 0 Å². The van der Waals surface area contributed by atoms with Gasteiger partial charge in [0.1, 0.15) is 18.5 Å². The Labute approximate surface area is 285 Å². The number of ether oxygens (including phenoxy) is 2. The number of nitrogens with one attached hydrogen (secondary N) is 3. The molecule has 11 nitrogen and oxygen atoms in total. The van der Waals surface area contributed by atoms with Crippen LogP contribution in [0.2, 0.25) is 0 Å². The van der Waals surface area contributed by atoms with Gasteiger partial charge in [0, 0.05) is 38.3 Å². The Bertz CT molecular complexity index is 1730. The van der Waals surface area contributed by atoms with Crippen molar-refractivity contribution in [3.05, 3.63) is 78.4 Å². The molecule has 1 unspecified atom stereocenters. The fraction of sp³-hybridized carbons (Fsp3) is 0.486. The molecule has 1 spiro atoms. The first kappa shape index (κ1) is 36.4. The molecule has 5 rings (SSSR count). The quantitative estimate of drug-likeness (QED) is 0.188. The molecule has 2 fully saturated rings. The number of hydrogen-bond donors (Lipinski definition) is 4. The second-order valence-corrected chi connectivity index (χ2v) is 16.9. The van der Waals surface area contributed by atoms with Gasteiger partial charge in [-0.25, -0.2) is 21.6 Å². The first-order valence-electron chi connectivity index (χ1n) is 16.5. The molecular weight excluding hydrogens is 653 g/mol. The van der Waals surface area contributed by atoms with Crippen LogP contribution in [0.3, 0.4) is 0 Å². The number of benzene rings is 3. The zero-order valence-electron chi connectivity index (χ0n) is 27.9. The highest BCUT2D eigenvalue weighted by Crippen LogP contribution is 2.37. The number of aliphatic hydroxyl groups excluding tert-OH is 1. The van der Waals surface area contributed by atoms with Crippen molar-refractivity contribution in [2.24, 2.45) is 5.92 Å². The third-order valence-electron chi connectivity index (χ3n) is 8.95. The van der Waals surface area contributed by atoms with Crippen LogP contribution in [0.1, 0.15) is 38.7 Å². The largest absolute Gasteiger partial charge is 0.491 e. The average Bonchev–Trinajstić information content (AvgIpc) is 3.48. The van der Waals surface area contributed by atoms with Crippen molar-refractivity contribution in [2.75, 3.05) is 46.4 Å². The Morgan fingerprint density at radius 1 is 0.938 bits per heavy atom. The van der Waals surface area contributed by atoms with Gasteiger partial charge in [-0.05, 0) is 79.7 Å². The third kappa shape index (κ3) is 9.21. The Kier molecular flexibility index (Phi) is 12.0. The predicted molar refractivity (Wildman–Crippen MR) is 186 cm³/mol. The molecule has 0 saturated carbocycles. The molecule has 2 saturated heterocycles. The van der Waals surface area contributed by atoms with Gasteiger partial charge in [0.2, 0.25) is 20.0 Å². The minimum absolute atomic E-state index is 0.00990. The van der Waals surface area contributed by atoms with E-state index in [1.54, 1.807) is 34.6 Å². The molecule has 48 heavy (non-hydrogen) atoms. The van der Waals surface area contributed by atoms with Gasteiger partial charge in [-0.1, -0.05) is 56.3 Å². The number of hydrogen-bond acceptors (Lipinski definition) is 9. The van der Waals surface area contributed by atoms with Crippen LogP contribution in [0.15, 0.2) is 82.6 Å². The van der Waals surface area contributed by atoms with Crippen molar-refractivity contribution >= 4 is 20.0 Å². The Morgan fingerprint density at radius 2 is 1.65 bits per heavy atom. The molecule has 0 aromatic heterocycles. The van der Waals surface area contributed by atoms with Gasteiger partial charge in [-0.2, -0.15) is 4.31 Å². The fourth-order valence-corrected chi connectivity index (χ4v) is 8.42. The van der Waals surface area contributed by atoms with Crippen LogP contribution in [0, 0.1) is 5.92 Å². The Morgan fingerprint density at radius 3 is 2.35 bits per heavy atom. The molecule has 4 N–H and O–H groups in total. The monoisotopic (exact) mass is 700 g/mol. The van der Waals surface area contributed by atoms with Crippen LogP contribution in [0.25, 0.3) is 11.1 Å². The first-order valence-corrected chi connectivity index (χ1v) is 19.4. The summed E-state index contributed by atoms with van der Waals surface area (Å²) >= 11 is 0. The second kappa shape index (κ2) is 15.8. The summed E-state index contributed by atoms with van der Waals surface area (Å²) in [5.74, 6) is 0.935. The maximum Gasteiger partial charge on any atom is 0.243 e. The van der Waals surface area contributed by atoms with E-state index in [0.717, 1.165) is 30.6 Å². The summed E-state index contributed by atoms with van der Waals surface area (Å²) in [6.07, 6.45) is 1.08. The topological polar surface area (TPSA) is 146 Å². The van der Waals surface area contributed by atoms with Crippen LogP contribution in [-0.4, -0.2) is 90.4 Å². The van der Waals surface area contributed by atoms with E-state index in [1.165, 1.54) is 24.7 Å². The van der Waals surface area contributed by atoms with E-state index in [0.29, 0.717) is 44.2 Å². The molecule has 262 valence electrons. The second-order valence-electron chi connectivity index (χ2n) is 13.1. The van der Waals surface area contributed by atoms with E-state index in [1.807, 2.05) is 18.2 Å². The van der Waals surface area contributed by atoms with Gasteiger partial charge in [-0.15, -0.1) is 0 Å². The first-order chi connectivity index (χ1) is 22.9. The number of aliphatic hydroxyl groups is 1. The maximum absolute atomic E-state index is 13.7. The molecule has 3 aromatic rings. The van der Waals surface area contributed by atoms with Crippen LogP contribution in [0.5, 0.6) is 5.75 Å². The summed E-state index contributed by atoms with van der Waals surface area (Å²) in [4.78, 5) is 0.375. The van der Waals surface area contributed by atoms with Gasteiger partial charge in [0.15, 0.2) is 0 Å². The molecule has 2 aliphatic rings. The lowest BCUT2D eigenvalue weighted by atomic mass is 9.88. The minimum atomic E-state index is -3.68. The van der Waals surface area contributed by atoms with Crippen LogP contribution in [0.4, 0.5) is 0 Å². The zero-order chi connectivity index (χ0) is 34.4. The number of piperidine rings is 1. The number of sulfonamides is 2.